The van der Waals surface area contributed by atoms with Crippen molar-refractivity contribution in [2.24, 2.45) is 4.99 Å². The molecule has 0 amide bonds. The SMILES string of the molecule is PNC1=NCc2ccccc2C1. The van der Waals surface area contributed by atoms with E-state index in [9.17, 15) is 0 Å². The molecule has 1 aliphatic heterocycles. The second-order valence-corrected chi connectivity index (χ2v) is 3.14. The summed E-state index contributed by atoms with van der Waals surface area (Å²) in [6, 6.07) is 8.43. The molecule has 0 fully saturated rings. The second-order valence-electron chi connectivity index (χ2n) is 2.85. The maximum atomic E-state index is 4.37. The number of aliphatic imine (C=N–C) groups is 1. The van der Waals surface area contributed by atoms with Gasteiger partial charge in [0.1, 0.15) is 5.84 Å². The van der Waals surface area contributed by atoms with Crippen molar-refractivity contribution in [2.45, 2.75) is 13.0 Å². The van der Waals surface area contributed by atoms with E-state index in [-0.39, 0.29) is 0 Å². The standard InChI is InChI=1S/C9H11N2P/c12-11-9-5-7-3-1-2-4-8(7)6-10-9/h1-4H,5-6,12H2,(H,10,11). The number of amidine groups is 1. The van der Waals surface area contributed by atoms with Gasteiger partial charge in [0.15, 0.2) is 0 Å². The van der Waals surface area contributed by atoms with Gasteiger partial charge in [-0.3, -0.25) is 4.99 Å². The Morgan fingerprint density at radius 3 is 2.75 bits per heavy atom. The monoisotopic (exact) mass is 178 g/mol. The van der Waals surface area contributed by atoms with Crippen molar-refractivity contribution >= 4 is 15.2 Å². The maximum Gasteiger partial charge on any atom is 0.104 e. The zero-order valence-electron chi connectivity index (χ0n) is 6.75. The van der Waals surface area contributed by atoms with Crippen molar-refractivity contribution in [3.05, 3.63) is 35.4 Å². The highest BCUT2D eigenvalue weighted by Crippen LogP contribution is 2.15. The van der Waals surface area contributed by atoms with Crippen molar-refractivity contribution in [1.82, 2.24) is 5.09 Å². The Morgan fingerprint density at radius 2 is 2.00 bits per heavy atom. The van der Waals surface area contributed by atoms with Crippen LogP contribution in [0.5, 0.6) is 0 Å². The lowest BCUT2D eigenvalue weighted by Gasteiger charge is -2.14. The first-order chi connectivity index (χ1) is 5.90. The predicted molar refractivity (Wildman–Crippen MR) is 54.1 cm³/mol. The number of hydrogen-bond donors (Lipinski definition) is 1. The highest BCUT2D eigenvalue weighted by atomic mass is 31.0. The van der Waals surface area contributed by atoms with Gasteiger partial charge < -0.3 is 5.09 Å². The van der Waals surface area contributed by atoms with Gasteiger partial charge in [-0.15, -0.1) is 0 Å². The summed E-state index contributed by atoms with van der Waals surface area (Å²) in [6.45, 7) is 0.812. The lowest BCUT2D eigenvalue weighted by molar-refractivity contribution is 0.969. The summed E-state index contributed by atoms with van der Waals surface area (Å²) in [7, 11) is 2.48. The van der Waals surface area contributed by atoms with Crippen LogP contribution in [0.25, 0.3) is 0 Å². The van der Waals surface area contributed by atoms with E-state index in [0.717, 1.165) is 18.8 Å². The molecule has 0 saturated carbocycles. The minimum Gasteiger partial charge on any atom is -0.358 e. The van der Waals surface area contributed by atoms with Gasteiger partial charge in [-0.25, -0.2) is 0 Å². The van der Waals surface area contributed by atoms with Crippen LogP contribution in [0.1, 0.15) is 11.1 Å². The van der Waals surface area contributed by atoms with E-state index in [0.29, 0.717) is 0 Å². The molecular weight excluding hydrogens is 167 g/mol. The molecule has 1 aromatic rings. The molecule has 0 saturated heterocycles. The van der Waals surface area contributed by atoms with Crippen LogP contribution < -0.4 is 5.09 Å². The van der Waals surface area contributed by atoms with Crippen LogP contribution in [0, 0.1) is 0 Å². The largest absolute Gasteiger partial charge is 0.358 e. The lowest BCUT2D eigenvalue weighted by Crippen LogP contribution is -2.20. The number of benzene rings is 1. The Kier molecular flexibility index (Phi) is 2.09. The fraction of sp³-hybridized carbons (Fsp3) is 0.222. The quantitative estimate of drug-likeness (QED) is 0.598. The number of fused-ring (bicyclic) bond motifs is 1. The zero-order valence-corrected chi connectivity index (χ0v) is 7.90. The molecule has 1 unspecified atom stereocenters. The van der Waals surface area contributed by atoms with E-state index < -0.39 is 0 Å². The fourth-order valence-corrected chi connectivity index (χ4v) is 1.59. The molecule has 0 spiro atoms. The molecule has 2 rings (SSSR count). The van der Waals surface area contributed by atoms with Crippen LogP contribution in [0.15, 0.2) is 29.3 Å². The third-order valence-corrected chi connectivity index (χ3v) is 2.42. The molecule has 2 nitrogen and oxygen atoms in total. The summed E-state index contributed by atoms with van der Waals surface area (Å²) in [5.74, 6) is 1.05. The predicted octanol–water partition coefficient (Wildman–Crippen LogP) is 1.52. The summed E-state index contributed by atoms with van der Waals surface area (Å²) in [6.07, 6.45) is 0.930. The van der Waals surface area contributed by atoms with Gasteiger partial charge in [0, 0.05) is 6.42 Å². The van der Waals surface area contributed by atoms with Crippen LogP contribution in [0.2, 0.25) is 0 Å². The van der Waals surface area contributed by atoms with Crippen LogP contribution in [-0.2, 0) is 13.0 Å². The van der Waals surface area contributed by atoms with Gasteiger partial charge in [-0.2, -0.15) is 0 Å². The molecule has 0 aliphatic carbocycles. The smallest absolute Gasteiger partial charge is 0.104 e. The van der Waals surface area contributed by atoms with E-state index in [1.165, 1.54) is 11.1 Å². The molecule has 1 aliphatic rings. The Balaban J connectivity index is 2.31. The van der Waals surface area contributed by atoms with Crippen LogP contribution in [0.3, 0.4) is 0 Å². The molecule has 1 aromatic carbocycles. The average Bonchev–Trinajstić information content (AvgIpc) is 2.17. The molecule has 0 radical (unpaired) electrons. The van der Waals surface area contributed by atoms with Gasteiger partial charge >= 0.3 is 0 Å². The normalized spacial score (nSPS) is 14.9. The van der Waals surface area contributed by atoms with Gasteiger partial charge in [0.25, 0.3) is 0 Å². The topological polar surface area (TPSA) is 24.4 Å². The molecule has 62 valence electrons. The van der Waals surface area contributed by atoms with E-state index in [4.69, 9.17) is 0 Å². The van der Waals surface area contributed by atoms with Gasteiger partial charge in [-0.1, -0.05) is 24.3 Å². The zero-order chi connectivity index (χ0) is 8.39. The van der Waals surface area contributed by atoms with E-state index in [1.807, 2.05) is 0 Å². The van der Waals surface area contributed by atoms with E-state index >= 15 is 0 Å². The van der Waals surface area contributed by atoms with Gasteiger partial charge in [-0.05, 0) is 20.5 Å². The Labute approximate surface area is 74.4 Å². The van der Waals surface area contributed by atoms with E-state index in [2.05, 4.69) is 43.7 Å². The van der Waals surface area contributed by atoms with Gasteiger partial charge in [0.05, 0.1) is 6.54 Å². The average molecular weight is 178 g/mol. The highest BCUT2D eigenvalue weighted by molar-refractivity contribution is 7.15. The molecular formula is C9H11N2P. The first-order valence-corrected chi connectivity index (χ1v) is 4.54. The Hall–Kier alpha value is -0.880. The second kappa shape index (κ2) is 3.24. The molecule has 1 N–H and O–H groups in total. The Morgan fingerprint density at radius 1 is 1.25 bits per heavy atom. The molecule has 1 atom stereocenters. The molecule has 1 heterocycles. The van der Waals surface area contributed by atoms with Crippen LogP contribution >= 0.6 is 9.39 Å². The molecule has 0 bridgehead atoms. The van der Waals surface area contributed by atoms with Crippen molar-refractivity contribution < 1.29 is 0 Å². The van der Waals surface area contributed by atoms with Gasteiger partial charge in [0.2, 0.25) is 0 Å². The minimum atomic E-state index is 0.812. The lowest BCUT2D eigenvalue weighted by atomic mass is 10.0. The molecule has 12 heavy (non-hydrogen) atoms. The highest BCUT2D eigenvalue weighted by Gasteiger charge is 2.09. The summed E-state index contributed by atoms with van der Waals surface area (Å²) in [5, 5.41) is 3.01. The first-order valence-electron chi connectivity index (χ1n) is 3.97. The van der Waals surface area contributed by atoms with Crippen molar-refractivity contribution in [3.63, 3.8) is 0 Å². The first kappa shape index (κ1) is 7.75. The van der Waals surface area contributed by atoms with Crippen LogP contribution in [-0.4, -0.2) is 5.84 Å². The molecule has 3 heteroatoms. The summed E-state index contributed by atoms with van der Waals surface area (Å²) >= 11 is 0. The van der Waals surface area contributed by atoms with Crippen molar-refractivity contribution in [2.75, 3.05) is 0 Å². The number of rotatable bonds is 0. The number of nitrogens with one attached hydrogen (secondary N) is 1. The van der Waals surface area contributed by atoms with Crippen LogP contribution in [0.4, 0.5) is 0 Å². The van der Waals surface area contributed by atoms with Crippen molar-refractivity contribution in [3.8, 4) is 0 Å². The van der Waals surface area contributed by atoms with E-state index in [1.54, 1.807) is 0 Å². The maximum absolute atomic E-state index is 4.37. The Bertz CT molecular complexity index is 320. The molecule has 0 aromatic heterocycles. The number of nitrogens with zero attached hydrogens (tertiary/aromatic N) is 1. The number of hydrogen-bond acceptors (Lipinski definition) is 2. The summed E-state index contributed by atoms with van der Waals surface area (Å²) < 4.78 is 0. The summed E-state index contributed by atoms with van der Waals surface area (Å²) in [4.78, 5) is 4.37. The minimum absolute atomic E-state index is 0.812. The third kappa shape index (κ3) is 1.35. The third-order valence-electron chi connectivity index (χ3n) is 2.08. The fourth-order valence-electron chi connectivity index (χ4n) is 1.40. The summed E-state index contributed by atoms with van der Waals surface area (Å²) in [5.41, 5.74) is 2.74. The van der Waals surface area contributed by atoms with Crippen molar-refractivity contribution in [1.29, 1.82) is 0 Å².